The zero-order valence-electron chi connectivity index (χ0n) is 71.1. The second-order valence-electron chi connectivity index (χ2n) is 33.4. The highest BCUT2D eigenvalue weighted by molar-refractivity contribution is 6.22. The average Bonchev–Trinajstić information content (AvgIpc) is 1.55. The van der Waals surface area contributed by atoms with E-state index in [0.717, 1.165) is 0 Å². The number of hydrogen-bond acceptors (Lipinski definition) is 26. The molecule has 36 heteroatoms. The van der Waals surface area contributed by atoms with Crippen LogP contribution in [0.25, 0.3) is 49.3 Å². The lowest BCUT2D eigenvalue weighted by atomic mass is 9.98. The number of alkyl carbamates (subject to hydrolysis) is 6. The summed E-state index contributed by atoms with van der Waals surface area (Å²) in [6.07, 6.45) is -0.724. The molecule has 0 aliphatic rings. The lowest BCUT2D eigenvalue weighted by molar-refractivity contribution is -0.136. The molecule has 0 fully saturated rings. The smallest absolute Gasteiger partial charge is 0.408 e. The minimum atomic E-state index is -1.22. The van der Waals surface area contributed by atoms with Gasteiger partial charge in [-0.05, 0) is 230 Å². The van der Waals surface area contributed by atoms with Gasteiger partial charge in [0.05, 0.1) is 26.8 Å². The van der Waals surface area contributed by atoms with Crippen molar-refractivity contribution < 1.29 is 119 Å². The van der Waals surface area contributed by atoms with Crippen LogP contribution in [-0.4, -0.2) is 189 Å². The standard InChI is InChI=1S/C82H114N10O26/c1-77(2,3)113-71(100)83-34-25-22-28-50(89-74(103)116-80(10,11)12)67(96)86-43-60(93)109-53-32-31-47(39-55(53)106-19)63-64-49-41-57(108-21)59(111-62(95)45-88-69(98)52(91-76(105)118-82(16,17)18)30-24-27-36-85-73(102)115-79(7,8)9)42-54(49)112-70(99)66(64)92-37-33-46-38-58(56(107-20)40-48(46)65(63)92)110-61(94)44-87-68(97)51(90-75(104)117-81(13,14)15)29-23-26-35-84-72(101)114-78(4,5)6/h31-33,37-42,50-52H,22-30,34-36,43-45H2,1-21H3,(H,83,100)(H,84,101)(H,85,102)(H,86,96)(H,87,97)(H,88,98)(H,89,103)(H,90,104)(H,91,105)/t50-,51+,52-/m0/s1. The van der Waals surface area contributed by atoms with E-state index in [1.165, 1.54) is 57.7 Å². The largest absolute Gasteiger partial charge is 0.493 e. The van der Waals surface area contributed by atoms with E-state index >= 15 is 0 Å². The fraction of sp³-hybridized carbons (Fsp3) is 0.549. The van der Waals surface area contributed by atoms with E-state index in [1.807, 2.05) is 0 Å². The molecule has 0 aliphatic heterocycles. The Bertz CT molecular complexity index is 4700. The number of carbonyl (C=O) groups is 12. The van der Waals surface area contributed by atoms with Gasteiger partial charge in [-0.1, -0.05) is 6.07 Å². The van der Waals surface area contributed by atoms with Crippen LogP contribution in [0.2, 0.25) is 0 Å². The molecule has 3 heterocycles. The number of nitrogens with zero attached hydrogens (tertiary/aromatic N) is 1. The fourth-order valence-electron chi connectivity index (χ4n) is 11.6. The van der Waals surface area contributed by atoms with Gasteiger partial charge in [-0.3, -0.25) is 14.4 Å². The molecule has 3 atom stereocenters. The summed E-state index contributed by atoms with van der Waals surface area (Å²) in [6, 6.07) is 8.15. The van der Waals surface area contributed by atoms with Gasteiger partial charge in [0.2, 0.25) is 17.7 Å². The predicted octanol–water partition coefficient (Wildman–Crippen LogP) is 10.9. The Morgan fingerprint density at radius 1 is 0.373 bits per heavy atom. The molecule has 0 saturated carbocycles. The number of aromatic nitrogens is 1. The molecular weight excluding hydrogens is 1540 g/mol. The number of nitrogens with one attached hydrogen (secondary N) is 9. The second-order valence-corrected chi connectivity index (χ2v) is 33.4. The van der Waals surface area contributed by atoms with Crippen molar-refractivity contribution in [1.29, 1.82) is 0 Å². The van der Waals surface area contributed by atoms with Gasteiger partial charge in [0.1, 0.15) is 82.5 Å². The third kappa shape index (κ3) is 30.9. The van der Waals surface area contributed by atoms with Crippen LogP contribution in [0.5, 0.6) is 34.5 Å². The average molecular weight is 1660 g/mol. The van der Waals surface area contributed by atoms with Crippen LogP contribution < -0.4 is 81.9 Å². The quantitative estimate of drug-likeness (QED) is 0.00596. The number of pyridine rings is 1. The Labute approximate surface area is 684 Å². The fourth-order valence-corrected chi connectivity index (χ4v) is 11.6. The van der Waals surface area contributed by atoms with Crippen molar-refractivity contribution in [3.63, 3.8) is 0 Å². The normalized spacial score (nSPS) is 12.6. The molecule has 0 radical (unpaired) electrons. The van der Waals surface area contributed by atoms with E-state index < -0.39 is 149 Å². The topological polar surface area (TPSA) is 458 Å². The molecule has 0 spiro atoms. The van der Waals surface area contributed by atoms with Crippen LogP contribution in [0.1, 0.15) is 182 Å². The summed E-state index contributed by atoms with van der Waals surface area (Å²) >= 11 is 0. The van der Waals surface area contributed by atoms with Crippen LogP contribution in [0.15, 0.2) is 63.9 Å². The molecule has 118 heavy (non-hydrogen) atoms. The number of unbranched alkanes of at least 4 members (excludes halogenated alkanes) is 3. The molecule has 9 N–H and O–H groups in total. The second kappa shape index (κ2) is 41.2. The molecule has 0 unspecified atom stereocenters. The Kier molecular flexibility index (Phi) is 33.1. The molecule has 0 bridgehead atoms. The molecular formula is C82H114N10O26. The molecule has 3 aromatic carbocycles. The highest BCUT2D eigenvalue weighted by Gasteiger charge is 2.32. The maximum absolute atomic E-state index is 14.9. The summed E-state index contributed by atoms with van der Waals surface area (Å²) in [5, 5.41) is 24.3. The molecule has 9 amide bonds. The van der Waals surface area contributed by atoms with Crippen molar-refractivity contribution in [3.8, 4) is 45.6 Å². The minimum Gasteiger partial charge on any atom is -0.493 e. The van der Waals surface area contributed by atoms with Crippen LogP contribution in [-0.2, 0) is 57.2 Å². The SMILES string of the molecule is COc1cc(-c2c3c4cc(OC)c(OC(=O)CNC(=O)[C@H](CCCCNC(=O)OC(C)(C)C)NC(=O)OC(C)(C)C)cc4oc(=O)c3n3ccc4cc(OC(=O)CNC(=O)[C@@H](CCCCNC(=O)OC(C)(C)C)NC(=O)OC(C)(C)C)c(OC)cc4c23)ccc1OC(=O)CNC(=O)[C@H](CCCCNC(=O)OC(C)(C)C)NC(=O)OC(C)(C)C. The molecule has 36 nitrogen and oxygen atoms in total. The summed E-state index contributed by atoms with van der Waals surface area (Å²) in [4.78, 5) is 174. The minimum absolute atomic E-state index is 0.0202. The number of esters is 3. The van der Waals surface area contributed by atoms with Gasteiger partial charge in [0.25, 0.3) is 0 Å². The number of benzene rings is 3. The number of methoxy groups -OCH3 is 3. The lowest BCUT2D eigenvalue weighted by Crippen LogP contribution is -2.49. The number of carbonyl (C=O) groups excluding carboxylic acids is 12. The van der Waals surface area contributed by atoms with Crippen molar-refractivity contribution in [2.45, 2.75) is 234 Å². The monoisotopic (exact) mass is 1650 g/mol. The number of fused-ring (bicyclic) bond motifs is 7. The summed E-state index contributed by atoms with van der Waals surface area (Å²) in [5.74, 6) is -5.91. The molecule has 6 rings (SSSR count). The Morgan fingerprint density at radius 3 is 1.08 bits per heavy atom. The zero-order valence-corrected chi connectivity index (χ0v) is 71.1. The highest BCUT2D eigenvalue weighted by atomic mass is 16.6. The molecule has 6 aromatic rings. The van der Waals surface area contributed by atoms with Crippen LogP contribution in [0.4, 0.5) is 28.8 Å². The van der Waals surface area contributed by atoms with Crippen molar-refractivity contribution in [2.75, 3.05) is 60.6 Å². The van der Waals surface area contributed by atoms with Crippen LogP contribution in [0, 0.1) is 0 Å². The molecule has 3 aromatic heterocycles. The first-order valence-electron chi connectivity index (χ1n) is 38.6. The van der Waals surface area contributed by atoms with Crippen molar-refractivity contribution in [1.82, 2.24) is 52.3 Å². The number of rotatable bonds is 34. The summed E-state index contributed by atoms with van der Waals surface area (Å²) in [5.41, 5.74) is -5.20. The maximum atomic E-state index is 14.9. The lowest BCUT2D eigenvalue weighted by Gasteiger charge is -2.23. The molecule has 0 saturated heterocycles. The summed E-state index contributed by atoms with van der Waals surface area (Å²) in [6.45, 7) is 28.7. The third-order valence-electron chi connectivity index (χ3n) is 16.3. The molecule has 648 valence electrons. The predicted molar refractivity (Wildman–Crippen MR) is 433 cm³/mol. The van der Waals surface area contributed by atoms with E-state index in [0.29, 0.717) is 60.4 Å². The van der Waals surface area contributed by atoms with Crippen LogP contribution in [0.3, 0.4) is 0 Å². The summed E-state index contributed by atoms with van der Waals surface area (Å²) in [7, 11) is 3.90. The highest BCUT2D eigenvalue weighted by Crippen LogP contribution is 2.47. The van der Waals surface area contributed by atoms with Crippen LogP contribution >= 0.6 is 0 Å². The van der Waals surface area contributed by atoms with Gasteiger partial charge in [-0.25, -0.2) is 47.9 Å². The van der Waals surface area contributed by atoms with E-state index in [1.54, 1.807) is 147 Å². The third-order valence-corrected chi connectivity index (χ3v) is 16.3. The van der Waals surface area contributed by atoms with E-state index in [-0.39, 0.29) is 101 Å². The number of ether oxygens (including phenoxy) is 12. The number of hydrogen-bond donors (Lipinski definition) is 9. The Balaban J connectivity index is 1.38. The Hall–Kier alpha value is -12.0. The van der Waals surface area contributed by atoms with Gasteiger partial charge in [-0.2, -0.15) is 0 Å². The first-order chi connectivity index (χ1) is 54.9. The van der Waals surface area contributed by atoms with Gasteiger partial charge >= 0.3 is 60.1 Å². The van der Waals surface area contributed by atoms with Gasteiger partial charge in [0, 0.05) is 53.6 Å². The number of amides is 9. The van der Waals surface area contributed by atoms with Crippen molar-refractivity contribution in [3.05, 3.63) is 65.1 Å². The maximum Gasteiger partial charge on any atom is 0.408 e. The van der Waals surface area contributed by atoms with E-state index in [2.05, 4.69) is 47.9 Å². The van der Waals surface area contributed by atoms with E-state index in [4.69, 9.17) is 61.3 Å². The zero-order chi connectivity index (χ0) is 88.0. The van der Waals surface area contributed by atoms with Crippen molar-refractivity contribution >= 4 is 110 Å². The van der Waals surface area contributed by atoms with E-state index in [9.17, 15) is 62.3 Å². The summed E-state index contributed by atoms with van der Waals surface area (Å²) < 4.78 is 74.8. The first kappa shape index (κ1) is 94.8. The van der Waals surface area contributed by atoms with Crippen molar-refractivity contribution in [2.24, 2.45) is 0 Å². The first-order valence-corrected chi connectivity index (χ1v) is 38.6. The van der Waals surface area contributed by atoms with Gasteiger partial charge < -0.3 is 114 Å². The Morgan fingerprint density at radius 2 is 0.712 bits per heavy atom. The van der Waals surface area contributed by atoms with Gasteiger partial charge in [-0.15, -0.1) is 0 Å². The molecule has 0 aliphatic carbocycles. The van der Waals surface area contributed by atoms with Gasteiger partial charge in [0.15, 0.2) is 34.5 Å².